The number of likely N-dealkylation sites (N-methyl/N-ethyl adjacent to an activating group) is 1. The van der Waals surface area contributed by atoms with Gasteiger partial charge in [-0.1, -0.05) is 0 Å². The molecular formula is C10H18N4O. The highest BCUT2D eigenvalue weighted by Crippen LogP contribution is 2.09. The summed E-state index contributed by atoms with van der Waals surface area (Å²) in [5.41, 5.74) is 5.47. The third-order valence-electron chi connectivity index (χ3n) is 2.09. The van der Waals surface area contributed by atoms with Gasteiger partial charge in [0.1, 0.15) is 5.82 Å². The number of hydrogen-bond donors (Lipinski definition) is 1. The summed E-state index contributed by atoms with van der Waals surface area (Å²) in [5, 5.41) is 7.85. The normalized spacial score (nSPS) is 10.3. The van der Waals surface area contributed by atoms with Gasteiger partial charge in [0, 0.05) is 19.7 Å². The topological polar surface area (TPSA) is 64.3 Å². The maximum atomic E-state index is 5.47. The summed E-state index contributed by atoms with van der Waals surface area (Å²) >= 11 is 0. The molecule has 0 saturated heterocycles. The minimum atomic E-state index is 0.444. The standard InChI is InChI=1S/C10H18N4O/c1-3-14(7-8-15-4-2)10-6-5-9(11)12-13-10/h5-6H,3-4,7-8H2,1-2H3,(H2,11,12). The summed E-state index contributed by atoms with van der Waals surface area (Å²) in [6, 6.07) is 3.63. The van der Waals surface area contributed by atoms with Gasteiger partial charge in [-0.2, -0.15) is 0 Å². The molecule has 0 atom stereocenters. The van der Waals surface area contributed by atoms with E-state index in [1.165, 1.54) is 0 Å². The second-order valence-corrected chi connectivity index (χ2v) is 3.09. The second kappa shape index (κ2) is 6.19. The first-order valence-electron chi connectivity index (χ1n) is 5.19. The Balaban J connectivity index is 2.53. The van der Waals surface area contributed by atoms with Crippen LogP contribution in [-0.4, -0.2) is 36.5 Å². The summed E-state index contributed by atoms with van der Waals surface area (Å²) in [4.78, 5) is 2.10. The third-order valence-corrected chi connectivity index (χ3v) is 2.09. The van der Waals surface area contributed by atoms with Gasteiger partial charge in [0.05, 0.1) is 6.61 Å². The maximum absolute atomic E-state index is 5.47. The molecule has 5 nitrogen and oxygen atoms in total. The van der Waals surface area contributed by atoms with Crippen molar-refractivity contribution in [1.29, 1.82) is 0 Å². The van der Waals surface area contributed by atoms with Gasteiger partial charge in [-0.15, -0.1) is 10.2 Å². The summed E-state index contributed by atoms with van der Waals surface area (Å²) in [5.74, 6) is 1.28. The average molecular weight is 210 g/mol. The van der Waals surface area contributed by atoms with Crippen molar-refractivity contribution < 1.29 is 4.74 Å². The minimum Gasteiger partial charge on any atom is -0.382 e. The van der Waals surface area contributed by atoms with E-state index in [4.69, 9.17) is 10.5 Å². The lowest BCUT2D eigenvalue weighted by atomic mass is 10.4. The number of aromatic nitrogens is 2. The summed E-state index contributed by atoms with van der Waals surface area (Å²) in [7, 11) is 0. The number of rotatable bonds is 6. The largest absolute Gasteiger partial charge is 0.382 e. The summed E-state index contributed by atoms with van der Waals surface area (Å²) in [6.07, 6.45) is 0. The van der Waals surface area contributed by atoms with Gasteiger partial charge in [-0.3, -0.25) is 0 Å². The lowest BCUT2D eigenvalue weighted by Crippen LogP contribution is -2.28. The van der Waals surface area contributed by atoms with Gasteiger partial charge in [0.2, 0.25) is 0 Å². The minimum absolute atomic E-state index is 0.444. The molecule has 0 aliphatic rings. The van der Waals surface area contributed by atoms with E-state index >= 15 is 0 Å². The SMILES string of the molecule is CCOCCN(CC)c1ccc(N)nn1. The third kappa shape index (κ3) is 3.71. The highest BCUT2D eigenvalue weighted by molar-refractivity contribution is 5.41. The number of anilines is 2. The molecule has 0 aliphatic heterocycles. The Morgan fingerprint density at radius 3 is 2.67 bits per heavy atom. The van der Waals surface area contributed by atoms with Crippen LogP contribution >= 0.6 is 0 Å². The van der Waals surface area contributed by atoms with Gasteiger partial charge < -0.3 is 15.4 Å². The highest BCUT2D eigenvalue weighted by Gasteiger charge is 2.05. The van der Waals surface area contributed by atoms with E-state index in [0.717, 1.165) is 25.5 Å². The Hall–Kier alpha value is -1.36. The van der Waals surface area contributed by atoms with E-state index in [-0.39, 0.29) is 0 Å². The zero-order chi connectivity index (χ0) is 11.1. The van der Waals surface area contributed by atoms with E-state index in [1.807, 2.05) is 13.0 Å². The van der Waals surface area contributed by atoms with Crippen LogP contribution in [0.1, 0.15) is 13.8 Å². The number of nitrogens with two attached hydrogens (primary N) is 1. The van der Waals surface area contributed by atoms with Crippen molar-refractivity contribution in [2.75, 3.05) is 36.9 Å². The molecule has 0 bridgehead atoms. The van der Waals surface area contributed by atoms with Gasteiger partial charge in [0.15, 0.2) is 5.82 Å². The van der Waals surface area contributed by atoms with Crippen molar-refractivity contribution in [3.63, 3.8) is 0 Å². The van der Waals surface area contributed by atoms with Crippen LogP contribution in [0.25, 0.3) is 0 Å². The molecule has 0 radical (unpaired) electrons. The molecule has 1 heterocycles. The molecule has 0 saturated carbocycles. The zero-order valence-electron chi connectivity index (χ0n) is 9.31. The molecule has 5 heteroatoms. The van der Waals surface area contributed by atoms with Crippen LogP contribution in [0.4, 0.5) is 11.6 Å². The summed E-state index contributed by atoms with van der Waals surface area (Å²) in [6.45, 7) is 7.21. The van der Waals surface area contributed by atoms with Crippen LogP contribution in [0.15, 0.2) is 12.1 Å². The van der Waals surface area contributed by atoms with Crippen molar-refractivity contribution >= 4 is 11.6 Å². The fourth-order valence-electron chi connectivity index (χ4n) is 1.26. The number of nitrogens with zero attached hydrogens (tertiary/aromatic N) is 3. The lowest BCUT2D eigenvalue weighted by Gasteiger charge is -2.20. The molecule has 0 unspecified atom stereocenters. The van der Waals surface area contributed by atoms with Crippen LogP contribution in [0.5, 0.6) is 0 Å². The molecule has 0 aromatic carbocycles. The predicted octanol–water partition coefficient (Wildman–Crippen LogP) is 0.922. The molecule has 0 fully saturated rings. The van der Waals surface area contributed by atoms with E-state index in [9.17, 15) is 0 Å². The van der Waals surface area contributed by atoms with Crippen LogP contribution in [0.3, 0.4) is 0 Å². The van der Waals surface area contributed by atoms with E-state index in [0.29, 0.717) is 12.4 Å². The van der Waals surface area contributed by atoms with Gasteiger partial charge in [-0.05, 0) is 26.0 Å². The molecule has 0 spiro atoms. The summed E-state index contributed by atoms with van der Waals surface area (Å²) < 4.78 is 5.30. The molecule has 0 amide bonds. The zero-order valence-corrected chi connectivity index (χ0v) is 9.31. The smallest absolute Gasteiger partial charge is 0.151 e. The molecule has 1 aromatic heterocycles. The van der Waals surface area contributed by atoms with E-state index < -0.39 is 0 Å². The fraction of sp³-hybridized carbons (Fsp3) is 0.600. The van der Waals surface area contributed by atoms with Crippen LogP contribution in [-0.2, 0) is 4.74 Å². The van der Waals surface area contributed by atoms with Crippen LogP contribution < -0.4 is 10.6 Å². The Bertz CT molecular complexity index is 275. The van der Waals surface area contributed by atoms with Crippen molar-refractivity contribution in [3.05, 3.63) is 12.1 Å². The van der Waals surface area contributed by atoms with Gasteiger partial charge in [0.25, 0.3) is 0 Å². The van der Waals surface area contributed by atoms with E-state index in [2.05, 4.69) is 22.0 Å². The molecule has 1 aromatic rings. The first-order valence-corrected chi connectivity index (χ1v) is 5.19. The Morgan fingerprint density at radius 1 is 1.33 bits per heavy atom. The van der Waals surface area contributed by atoms with Crippen molar-refractivity contribution in [1.82, 2.24) is 10.2 Å². The van der Waals surface area contributed by atoms with Crippen molar-refractivity contribution in [3.8, 4) is 0 Å². The number of nitrogen functional groups attached to an aromatic ring is 1. The van der Waals surface area contributed by atoms with Crippen LogP contribution in [0.2, 0.25) is 0 Å². The Labute approximate surface area is 90.2 Å². The Kier molecular flexibility index (Phi) is 4.83. The van der Waals surface area contributed by atoms with Crippen molar-refractivity contribution in [2.24, 2.45) is 0 Å². The Morgan fingerprint density at radius 2 is 2.13 bits per heavy atom. The molecular weight excluding hydrogens is 192 g/mol. The average Bonchev–Trinajstić information content (AvgIpc) is 2.26. The van der Waals surface area contributed by atoms with Gasteiger partial charge in [-0.25, -0.2) is 0 Å². The quantitative estimate of drug-likeness (QED) is 0.707. The lowest BCUT2D eigenvalue weighted by molar-refractivity contribution is 0.154. The number of ether oxygens (including phenoxy) is 1. The fourth-order valence-corrected chi connectivity index (χ4v) is 1.26. The predicted molar refractivity (Wildman–Crippen MR) is 60.8 cm³/mol. The molecule has 84 valence electrons. The monoisotopic (exact) mass is 210 g/mol. The van der Waals surface area contributed by atoms with Gasteiger partial charge >= 0.3 is 0 Å². The molecule has 15 heavy (non-hydrogen) atoms. The maximum Gasteiger partial charge on any atom is 0.151 e. The first kappa shape index (κ1) is 11.7. The molecule has 1 rings (SSSR count). The number of hydrogen-bond acceptors (Lipinski definition) is 5. The second-order valence-electron chi connectivity index (χ2n) is 3.09. The molecule has 0 aliphatic carbocycles. The molecule has 2 N–H and O–H groups in total. The van der Waals surface area contributed by atoms with Crippen molar-refractivity contribution in [2.45, 2.75) is 13.8 Å². The van der Waals surface area contributed by atoms with Crippen LogP contribution in [0, 0.1) is 0 Å². The van der Waals surface area contributed by atoms with E-state index in [1.54, 1.807) is 6.07 Å². The highest BCUT2D eigenvalue weighted by atomic mass is 16.5. The first-order chi connectivity index (χ1) is 7.27.